The van der Waals surface area contributed by atoms with Crippen LogP contribution in [-0.2, 0) is 6.18 Å². The third-order valence-corrected chi connectivity index (χ3v) is 4.69. The summed E-state index contributed by atoms with van der Waals surface area (Å²) in [6.45, 7) is 0. The number of carbonyl (C=O) groups is 1. The molecule has 1 aromatic carbocycles. The summed E-state index contributed by atoms with van der Waals surface area (Å²) in [5, 5.41) is 24.9. The molecule has 3 heterocycles. The first-order valence-electron chi connectivity index (χ1n) is 9.73. The second-order valence-electron chi connectivity index (χ2n) is 7.03. The molecule has 0 aliphatic rings. The number of aromatic nitrogens is 5. The van der Waals surface area contributed by atoms with Crippen molar-refractivity contribution in [1.82, 2.24) is 24.7 Å². The quantitative estimate of drug-likeness (QED) is 0.417. The standard InChI is InChI=1S/C22H14F3N7O3/c1-35-16-5-12(8-26)4-15(7-16)29-21-28-11-17(13-6-14(20(33)34)10-27-9-13)19(30-21)32-3-2-18(31-32)22(23,24)25/h2-7,9-11H,1H3,(H,33,34)(H,28,29,30). The van der Waals surface area contributed by atoms with Crippen LogP contribution in [0.15, 0.2) is 55.1 Å². The number of carboxylic acid groups (broad SMARTS) is 1. The molecule has 0 aliphatic carbocycles. The van der Waals surface area contributed by atoms with Crippen LogP contribution < -0.4 is 10.1 Å². The molecule has 0 saturated carbocycles. The number of carboxylic acids is 1. The lowest BCUT2D eigenvalue weighted by Crippen LogP contribution is -2.10. The molecule has 35 heavy (non-hydrogen) atoms. The zero-order valence-electron chi connectivity index (χ0n) is 17.8. The highest BCUT2D eigenvalue weighted by atomic mass is 19.4. The molecule has 0 aliphatic heterocycles. The number of pyridine rings is 1. The molecule has 176 valence electrons. The van der Waals surface area contributed by atoms with Crippen LogP contribution in [0.1, 0.15) is 21.6 Å². The number of rotatable bonds is 6. The minimum Gasteiger partial charge on any atom is -0.497 e. The van der Waals surface area contributed by atoms with E-state index in [1.807, 2.05) is 6.07 Å². The topological polar surface area (TPSA) is 139 Å². The molecular formula is C22H14F3N7O3. The highest BCUT2D eigenvalue weighted by Gasteiger charge is 2.34. The number of aromatic carboxylic acids is 1. The van der Waals surface area contributed by atoms with E-state index in [1.165, 1.54) is 37.7 Å². The largest absolute Gasteiger partial charge is 0.497 e. The van der Waals surface area contributed by atoms with Crippen LogP contribution in [0.2, 0.25) is 0 Å². The number of nitrogens with one attached hydrogen (secondary N) is 1. The molecule has 0 bridgehead atoms. The summed E-state index contributed by atoms with van der Waals surface area (Å²) in [5.41, 5.74) is -0.143. The van der Waals surface area contributed by atoms with Gasteiger partial charge in [-0.1, -0.05) is 0 Å². The number of anilines is 2. The number of hydrogen-bond donors (Lipinski definition) is 2. The van der Waals surface area contributed by atoms with Crippen LogP contribution >= 0.6 is 0 Å². The van der Waals surface area contributed by atoms with Crippen LogP contribution in [0.4, 0.5) is 24.8 Å². The summed E-state index contributed by atoms with van der Waals surface area (Å²) in [6.07, 6.45) is 0.156. The lowest BCUT2D eigenvalue weighted by Gasteiger charge is -2.13. The van der Waals surface area contributed by atoms with Gasteiger partial charge in [-0.2, -0.15) is 28.5 Å². The van der Waals surface area contributed by atoms with Gasteiger partial charge in [0.1, 0.15) is 5.75 Å². The van der Waals surface area contributed by atoms with Crippen molar-refractivity contribution < 1.29 is 27.8 Å². The van der Waals surface area contributed by atoms with E-state index in [4.69, 9.17) is 4.74 Å². The number of methoxy groups -OCH3 is 1. The number of ether oxygens (including phenoxy) is 1. The highest BCUT2D eigenvalue weighted by molar-refractivity contribution is 5.89. The van der Waals surface area contributed by atoms with Crippen molar-refractivity contribution in [2.24, 2.45) is 0 Å². The smallest absolute Gasteiger partial charge is 0.435 e. The molecule has 0 radical (unpaired) electrons. The maximum Gasteiger partial charge on any atom is 0.435 e. The van der Waals surface area contributed by atoms with Gasteiger partial charge in [0.25, 0.3) is 0 Å². The average Bonchev–Trinajstić information content (AvgIpc) is 3.35. The van der Waals surface area contributed by atoms with Crippen LogP contribution in [0, 0.1) is 11.3 Å². The number of alkyl halides is 3. The summed E-state index contributed by atoms with van der Waals surface area (Å²) in [6, 6.07) is 8.67. The van der Waals surface area contributed by atoms with Crippen LogP contribution in [-0.4, -0.2) is 42.9 Å². The fourth-order valence-corrected chi connectivity index (χ4v) is 3.09. The fourth-order valence-electron chi connectivity index (χ4n) is 3.09. The van der Waals surface area contributed by atoms with Crippen molar-refractivity contribution in [2.45, 2.75) is 6.18 Å². The minimum atomic E-state index is -4.68. The molecule has 0 spiro atoms. The van der Waals surface area contributed by atoms with Gasteiger partial charge < -0.3 is 15.2 Å². The second kappa shape index (κ2) is 9.10. The Balaban J connectivity index is 1.83. The van der Waals surface area contributed by atoms with E-state index in [0.717, 1.165) is 23.1 Å². The van der Waals surface area contributed by atoms with Crippen LogP contribution in [0.25, 0.3) is 16.9 Å². The van der Waals surface area contributed by atoms with E-state index in [-0.39, 0.29) is 28.5 Å². The average molecular weight is 481 g/mol. The third kappa shape index (κ3) is 5.01. The predicted octanol–water partition coefficient (Wildman–Crippen LogP) is 4.07. The first kappa shape index (κ1) is 23.2. The number of benzene rings is 1. The van der Waals surface area contributed by atoms with Gasteiger partial charge in [0.2, 0.25) is 5.95 Å². The van der Waals surface area contributed by atoms with Crippen molar-refractivity contribution in [3.05, 3.63) is 71.9 Å². The van der Waals surface area contributed by atoms with Crippen molar-refractivity contribution in [3.8, 4) is 28.8 Å². The minimum absolute atomic E-state index is 0.0210. The first-order chi connectivity index (χ1) is 16.7. The van der Waals surface area contributed by atoms with Crippen LogP contribution in [0.3, 0.4) is 0 Å². The fraction of sp³-hybridized carbons (Fsp3) is 0.0909. The van der Waals surface area contributed by atoms with E-state index in [1.54, 1.807) is 6.07 Å². The Morgan fingerprint density at radius 2 is 2.00 bits per heavy atom. The number of hydrogen-bond acceptors (Lipinski definition) is 8. The third-order valence-electron chi connectivity index (χ3n) is 4.69. The molecule has 0 atom stereocenters. The van der Waals surface area contributed by atoms with E-state index in [2.05, 4.69) is 25.4 Å². The Kier molecular flexibility index (Phi) is 6.03. The molecular weight excluding hydrogens is 467 g/mol. The summed E-state index contributed by atoms with van der Waals surface area (Å²) >= 11 is 0. The van der Waals surface area contributed by atoms with Crippen molar-refractivity contribution in [3.63, 3.8) is 0 Å². The summed E-state index contributed by atoms with van der Waals surface area (Å²) in [5.74, 6) is -0.926. The zero-order chi connectivity index (χ0) is 25.2. The zero-order valence-corrected chi connectivity index (χ0v) is 17.8. The summed E-state index contributed by atoms with van der Waals surface area (Å²) in [7, 11) is 1.43. The second-order valence-corrected chi connectivity index (χ2v) is 7.03. The van der Waals surface area contributed by atoms with Gasteiger partial charge in [-0.15, -0.1) is 0 Å². The number of halogens is 3. The maximum atomic E-state index is 13.2. The molecule has 4 aromatic rings. The van der Waals surface area contributed by atoms with Gasteiger partial charge in [0.15, 0.2) is 11.5 Å². The van der Waals surface area contributed by atoms with Crippen molar-refractivity contribution >= 4 is 17.6 Å². The van der Waals surface area contributed by atoms with Gasteiger partial charge in [0.05, 0.1) is 24.3 Å². The van der Waals surface area contributed by atoms with E-state index in [9.17, 15) is 28.3 Å². The molecule has 0 saturated heterocycles. The molecule has 4 rings (SSSR count). The summed E-state index contributed by atoms with van der Waals surface area (Å²) in [4.78, 5) is 23.7. The Hall–Kier alpha value is -4.99. The lowest BCUT2D eigenvalue weighted by atomic mass is 10.1. The van der Waals surface area contributed by atoms with Crippen LogP contribution in [0.5, 0.6) is 5.75 Å². The lowest BCUT2D eigenvalue weighted by molar-refractivity contribution is -0.141. The Bertz CT molecular complexity index is 1460. The highest BCUT2D eigenvalue weighted by Crippen LogP contribution is 2.31. The molecule has 10 nitrogen and oxygen atoms in total. The SMILES string of the molecule is COc1cc(C#N)cc(Nc2ncc(-c3cncc(C(=O)O)c3)c(-n3ccc(C(F)(F)F)n3)n2)c1. The van der Waals surface area contributed by atoms with E-state index in [0.29, 0.717) is 17.0 Å². The number of nitrogens with zero attached hydrogens (tertiary/aromatic N) is 6. The van der Waals surface area contributed by atoms with Gasteiger partial charge in [-0.25, -0.2) is 14.5 Å². The molecule has 13 heteroatoms. The molecule has 0 fully saturated rings. The molecule has 2 N–H and O–H groups in total. The molecule has 3 aromatic heterocycles. The first-order valence-corrected chi connectivity index (χ1v) is 9.73. The van der Waals surface area contributed by atoms with E-state index >= 15 is 0 Å². The van der Waals surface area contributed by atoms with Gasteiger partial charge in [0, 0.05) is 47.7 Å². The number of nitriles is 1. The normalized spacial score (nSPS) is 11.1. The molecule has 0 amide bonds. The van der Waals surface area contributed by atoms with Gasteiger partial charge in [-0.05, 0) is 24.3 Å². The maximum absolute atomic E-state index is 13.2. The Morgan fingerprint density at radius 3 is 2.66 bits per heavy atom. The monoisotopic (exact) mass is 481 g/mol. The Labute approximate surface area is 195 Å². The van der Waals surface area contributed by atoms with E-state index < -0.39 is 17.8 Å². The molecule has 0 unspecified atom stereocenters. The van der Waals surface area contributed by atoms with Gasteiger partial charge >= 0.3 is 12.1 Å². The van der Waals surface area contributed by atoms with Crippen molar-refractivity contribution in [2.75, 3.05) is 12.4 Å². The van der Waals surface area contributed by atoms with Crippen molar-refractivity contribution in [1.29, 1.82) is 5.26 Å². The predicted molar refractivity (Wildman–Crippen MR) is 115 cm³/mol. The Morgan fingerprint density at radius 1 is 1.20 bits per heavy atom. The summed E-state index contributed by atoms with van der Waals surface area (Å²) < 4.78 is 45.5. The van der Waals surface area contributed by atoms with Gasteiger partial charge in [-0.3, -0.25) is 4.98 Å².